The molecule has 0 spiro atoms. The third-order valence-corrected chi connectivity index (χ3v) is 49.5. The lowest BCUT2D eigenvalue weighted by Crippen LogP contribution is -2.79. The molecule has 2 aliphatic rings. The van der Waals surface area contributed by atoms with Crippen molar-refractivity contribution in [1.29, 1.82) is 0 Å². The fourth-order valence-electron chi connectivity index (χ4n) is 8.98. The van der Waals surface area contributed by atoms with E-state index in [1.165, 1.54) is 66.4 Å². The maximum atomic E-state index is 9.60. The van der Waals surface area contributed by atoms with Crippen molar-refractivity contribution in [2.75, 3.05) is 0 Å². The van der Waals surface area contributed by atoms with Crippen LogP contribution in [-0.4, -0.2) is 42.4 Å². The zero-order valence-corrected chi connectivity index (χ0v) is 35.0. The minimum atomic E-state index is -2.18. The van der Waals surface area contributed by atoms with Gasteiger partial charge in [-0.3, -0.25) is 0 Å². The van der Waals surface area contributed by atoms with Gasteiger partial charge in [-0.2, -0.15) is 0 Å². The second kappa shape index (κ2) is 16.4. The van der Waals surface area contributed by atoms with E-state index in [9.17, 15) is 4.79 Å². The summed E-state index contributed by atoms with van der Waals surface area (Å²) in [6.45, 7) is 24.0. The predicted molar refractivity (Wildman–Crippen MR) is 207 cm³/mol. The molecule has 4 atom stereocenters. The molecular weight excluding hydrogens is 649 g/mol. The van der Waals surface area contributed by atoms with E-state index in [1.54, 1.807) is 0 Å². The number of hydrogen-bond donors (Lipinski definition) is 1. The van der Waals surface area contributed by atoms with Crippen molar-refractivity contribution in [1.82, 2.24) is 0 Å². The summed E-state index contributed by atoms with van der Waals surface area (Å²) in [5.74, 6) is -0.935. The van der Waals surface area contributed by atoms with Crippen LogP contribution in [0.4, 0.5) is 0 Å². The van der Waals surface area contributed by atoms with Crippen molar-refractivity contribution in [3.05, 3.63) is 83.9 Å². The van der Waals surface area contributed by atoms with Gasteiger partial charge in [0.2, 0.25) is 15.7 Å². The van der Waals surface area contributed by atoms with Crippen LogP contribution in [0.25, 0.3) is 0 Å². The molecule has 2 aromatic rings. The van der Waals surface area contributed by atoms with Gasteiger partial charge in [-0.15, -0.1) is 0 Å². The summed E-state index contributed by atoms with van der Waals surface area (Å²) < 4.78 is 23.8. The molecule has 4 unspecified atom stereocenters. The number of hydrogen-bond acceptors (Lipinski definition) is 4. The fraction of sp³-hybridized carbons (Fsp3) is 0.605. The minimum Gasteiger partial charge on any atom is -0.478 e. The maximum absolute atomic E-state index is 9.60. The van der Waals surface area contributed by atoms with E-state index in [-0.39, 0.29) is 16.8 Å². The first-order valence-corrected chi connectivity index (χ1v) is 29.8. The Kier molecular flexibility index (Phi) is 13.9. The Balaban J connectivity index is 0.000000913. The monoisotopic (exact) mass is 712 g/mol. The highest BCUT2D eigenvalue weighted by atomic mass is 29.3. The van der Waals surface area contributed by atoms with Gasteiger partial charge in [-0.25, -0.2) is 4.79 Å². The molecule has 4 rings (SSSR count). The number of aliphatic carboxylic acids is 1. The first-order chi connectivity index (χ1) is 22.4. The third-order valence-electron chi connectivity index (χ3n) is 12.2. The molecule has 0 amide bonds. The van der Waals surface area contributed by atoms with E-state index in [0.29, 0.717) is 0 Å². The highest BCUT2D eigenvalue weighted by molar-refractivity contribution is 7.45. The molecule has 1 N–H and O–H groups in total. The summed E-state index contributed by atoms with van der Waals surface area (Å²) in [4.78, 5) is 9.60. The Morgan fingerprint density at radius 2 is 1.00 bits per heavy atom. The van der Waals surface area contributed by atoms with E-state index in [2.05, 4.69) is 123 Å². The van der Waals surface area contributed by atoms with E-state index in [0.717, 1.165) is 25.7 Å². The average molecular weight is 713 g/mol. The second-order valence-electron chi connectivity index (χ2n) is 13.9. The largest absolute Gasteiger partial charge is 0.478 e. The summed E-state index contributed by atoms with van der Waals surface area (Å²) in [5, 5.41) is 7.89. The lowest BCUT2D eigenvalue weighted by atomic mass is 9.89. The molecule has 2 heterocycles. The van der Waals surface area contributed by atoms with Gasteiger partial charge in [-0.05, 0) is 92.1 Å². The molecule has 2 saturated heterocycles. The van der Waals surface area contributed by atoms with Crippen LogP contribution in [0.1, 0.15) is 99.1 Å². The molecule has 262 valence electrons. The van der Waals surface area contributed by atoms with Crippen LogP contribution in [0.15, 0.2) is 72.8 Å². The van der Waals surface area contributed by atoms with Crippen molar-refractivity contribution in [3.63, 3.8) is 0 Å². The number of benzene rings is 2. The fourth-order valence-corrected chi connectivity index (χ4v) is 51.9. The molecule has 5 nitrogen and oxygen atoms in total. The van der Waals surface area contributed by atoms with Gasteiger partial charge in [0.1, 0.15) is 0 Å². The van der Waals surface area contributed by atoms with Crippen LogP contribution >= 0.6 is 0 Å². The standard InChI is InChI=1S/C34H58O3Si4.C4H6O2/c1-9-33(31-23-19-17-20-24-31)27-29-40(15-7,38(11-3,12-4)35-33)37-41(16-8)30-28-34(10-2,32-25-21-18-22-26-32)36-39(41,13-5)14-6;1-3(2)4(5)6/h17-26H,9-16,27-30H2,1-8H3;1H2,2H3,(H,5,6). The molecule has 0 saturated carbocycles. The number of rotatable bonds is 13. The van der Waals surface area contributed by atoms with Crippen molar-refractivity contribution < 1.29 is 22.9 Å². The van der Waals surface area contributed by atoms with Gasteiger partial charge < -0.3 is 18.1 Å². The van der Waals surface area contributed by atoms with Crippen molar-refractivity contribution in [3.8, 4) is 0 Å². The van der Waals surface area contributed by atoms with Gasteiger partial charge in [0.05, 0.1) is 11.2 Å². The summed E-state index contributed by atoms with van der Waals surface area (Å²) in [6, 6.07) is 31.9. The van der Waals surface area contributed by atoms with Crippen LogP contribution in [0.2, 0.25) is 48.4 Å². The molecule has 2 aliphatic heterocycles. The topological polar surface area (TPSA) is 65.0 Å². The van der Waals surface area contributed by atoms with Gasteiger partial charge in [0.25, 0.3) is 0 Å². The lowest BCUT2D eigenvalue weighted by Gasteiger charge is -2.62. The number of carboxylic acid groups (broad SMARTS) is 1. The quantitative estimate of drug-likeness (QED) is 0.165. The molecular formula is C38H64O5Si4. The molecule has 0 radical (unpaired) electrons. The molecule has 2 aromatic carbocycles. The van der Waals surface area contributed by atoms with Gasteiger partial charge in [-0.1, -0.05) is 123 Å². The van der Waals surface area contributed by atoms with Crippen LogP contribution in [-0.2, 0) is 29.0 Å². The van der Waals surface area contributed by atoms with Crippen molar-refractivity contribution in [2.24, 2.45) is 0 Å². The van der Waals surface area contributed by atoms with Gasteiger partial charge >= 0.3 is 5.97 Å². The zero-order chi connectivity index (χ0) is 35.0. The first-order valence-electron chi connectivity index (χ1n) is 18.5. The third kappa shape index (κ3) is 7.32. The predicted octanol–water partition coefficient (Wildman–Crippen LogP) is 11.2. The summed E-state index contributed by atoms with van der Waals surface area (Å²) in [5.41, 5.74) is 2.62. The van der Waals surface area contributed by atoms with Gasteiger partial charge in [0, 0.05) is 5.57 Å². The normalized spacial score (nSPS) is 29.7. The Hall–Kier alpha value is -1.60. The lowest BCUT2D eigenvalue weighted by molar-refractivity contribution is -0.132. The smallest absolute Gasteiger partial charge is 0.330 e. The summed E-state index contributed by atoms with van der Waals surface area (Å²) >= 11 is 0. The van der Waals surface area contributed by atoms with Crippen LogP contribution in [0.3, 0.4) is 0 Å². The Morgan fingerprint density at radius 1 is 0.681 bits per heavy atom. The molecule has 9 heteroatoms. The zero-order valence-electron chi connectivity index (χ0n) is 31.0. The molecule has 0 aromatic heterocycles. The van der Waals surface area contributed by atoms with E-state index in [4.69, 9.17) is 18.1 Å². The van der Waals surface area contributed by atoms with Gasteiger partial charge in [0.15, 0.2) is 15.7 Å². The minimum absolute atomic E-state index is 0.159. The van der Waals surface area contributed by atoms with Crippen LogP contribution in [0, 0.1) is 0 Å². The van der Waals surface area contributed by atoms with E-state index < -0.39 is 37.3 Å². The summed E-state index contributed by atoms with van der Waals surface area (Å²) in [6.07, 6.45) is 4.29. The Bertz CT molecular complexity index is 1200. The van der Waals surface area contributed by atoms with Crippen molar-refractivity contribution >= 4 is 37.3 Å². The second-order valence-corrected chi connectivity index (χ2v) is 39.3. The van der Waals surface area contributed by atoms with Crippen LogP contribution < -0.4 is 0 Å². The highest BCUT2D eigenvalue weighted by Crippen LogP contribution is 2.56. The molecule has 2 fully saturated rings. The molecule has 0 bridgehead atoms. The van der Waals surface area contributed by atoms with E-state index >= 15 is 0 Å². The number of carbonyl (C=O) groups is 1. The first kappa shape index (κ1) is 39.8. The summed E-state index contributed by atoms with van der Waals surface area (Å²) in [7, 11) is -8.71. The SMILES string of the molecule is C=C(C)C(=O)O.CCC1(c2ccccc2)CC[Si](CC)(O[Si]2(CC)CCC(CC)(c3ccccc3)O[Si]2(CC)CC)[Si](CC)(CC)O1. The maximum Gasteiger partial charge on any atom is 0.330 e. The van der Waals surface area contributed by atoms with Crippen molar-refractivity contribution in [2.45, 2.75) is 148 Å². The Labute approximate surface area is 290 Å². The highest BCUT2D eigenvalue weighted by Gasteiger charge is 2.69. The molecule has 0 aliphatic carbocycles. The molecule has 47 heavy (non-hydrogen) atoms. The van der Waals surface area contributed by atoms with Crippen LogP contribution in [0.5, 0.6) is 0 Å². The average Bonchev–Trinajstić information content (AvgIpc) is 3.13. The number of carboxylic acids is 1. The van der Waals surface area contributed by atoms with E-state index in [1.807, 2.05) is 0 Å². The Morgan fingerprint density at radius 3 is 1.23 bits per heavy atom.